The summed E-state index contributed by atoms with van der Waals surface area (Å²) < 4.78 is 18.7. The molecular weight excluding hydrogens is 333 g/mol. The van der Waals surface area contributed by atoms with E-state index in [1.54, 1.807) is 30.6 Å². The van der Waals surface area contributed by atoms with Gasteiger partial charge in [-0.05, 0) is 49.1 Å². The van der Waals surface area contributed by atoms with Crippen LogP contribution in [-0.4, -0.2) is 33.5 Å². The smallest absolute Gasteiger partial charge is 0.276 e. The third kappa shape index (κ3) is 3.35. The van der Waals surface area contributed by atoms with Crippen LogP contribution >= 0.6 is 0 Å². The van der Waals surface area contributed by atoms with Crippen LogP contribution in [0.4, 0.5) is 4.39 Å². The molecule has 5 nitrogen and oxygen atoms in total. The summed E-state index contributed by atoms with van der Waals surface area (Å²) in [6.07, 6.45) is 5.80. The second kappa shape index (κ2) is 7.07. The Kier molecular flexibility index (Phi) is 4.48. The lowest BCUT2D eigenvalue weighted by atomic mass is 10.0. The van der Waals surface area contributed by atoms with Crippen LogP contribution in [0.3, 0.4) is 0 Å². The van der Waals surface area contributed by atoms with Crippen molar-refractivity contribution in [2.24, 2.45) is 0 Å². The summed E-state index contributed by atoms with van der Waals surface area (Å²) in [6, 6.07) is 11.9. The fourth-order valence-electron chi connectivity index (χ4n) is 3.42. The van der Waals surface area contributed by atoms with Crippen molar-refractivity contribution in [1.82, 2.24) is 15.0 Å². The molecule has 2 aromatic heterocycles. The Bertz CT molecular complexity index is 910. The Hall–Kier alpha value is -3.02. The molecule has 0 saturated carbocycles. The highest BCUT2D eigenvalue weighted by atomic mass is 19.1. The Morgan fingerprint density at radius 2 is 2.19 bits per heavy atom. The van der Waals surface area contributed by atoms with Gasteiger partial charge < -0.3 is 9.42 Å². The highest BCUT2D eigenvalue weighted by Crippen LogP contribution is 2.25. The average molecular weight is 351 g/mol. The third-order valence-electron chi connectivity index (χ3n) is 4.67. The number of amides is 1. The maximum Gasteiger partial charge on any atom is 0.276 e. The number of hydrogen-bond donors (Lipinski definition) is 0. The number of carbonyl (C=O) groups excluding carboxylic acids is 1. The summed E-state index contributed by atoms with van der Waals surface area (Å²) in [7, 11) is 0. The summed E-state index contributed by atoms with van der Waals surface area (Å²) >= 11 is 0. The van der Waals surface area contributed by atoms with E-state index in [4.69, 9.17) is 4.52 Å². The zero-order chi connectivity index (χ0) is 17.9. The highest BCUT2D eigenvalue weighted by molar-refractivity contribution is 5.93. The van der Waals surface area contributed by atoms with Crippen LogP contribution in [0.25, 0.3) is 11.3 Å². The molecule has 0 spiro atoms. The second-order valence-electron chi connectivity index (χ2n) is 6.45. The summed E-state index contributed by atoms with van der Waals surface area (Å²) in [5, 5.41) is 3.94. The standard InChI is InChI=1S/C20H18FN3O2/c21-16-6-1-4-14(10-16)11-17-7-3-9-24(17)20(25)18-12-19(26-23-18)15-5-2-8-22-13-15/h1-2,4-6,8,10,12-13,17H,3,7,9,11H2. The lowest BCUT2D eigenvalue weighted by Gasteiger charge is -2.23. The molecule has 1 atom stereocenters. The van der Waals surface area contributed by atoms with Gasteiger partial charge in [-0.25, -0.2) is 4.39 Å². The summed E-state index contributed by atoms with van der Waals surface area (Å²) in [5.41, 5.74) is 1.96. The Morgan fingerprint density at radius 1 is 1.27 bits per heavy atom. The first-order valence-electron chi connectivity index (χ1n) is 8.63. The number of carbonyl (C=O) groups is 1. The van der Waals surface area contributed by atoms with Crippen LogP contribution in [0.5, 0.6) is 0 Å². The van der Waals surface area contributed by atoms with E-state index in [0.717, 1.165) is 24.0 Å². The van der Waals surface area contributed by atoms with Crippen LogP contribution in [-0.2, 0) is 6.42 Å². The van der Waals surface area contributed by atoms with Gasteiger partial charge in [-0.1, -0.05) is 17.3 Å². The quantitative estimate of drug-likeness (QED) is 0.719. The van der Waals surface area contributed by atoms with Gasteiger partial charge in [0, 0.05) is 36.6 Å². The van der Waals surface area contributed by atoms with E-state index in [1.807, 2.05) is 17.0 Å². The number of aromatic nitrogens is 2. The summed E-state index contributed by atoms with van der Waals surface area (Å²) in [6.45, 7) is 0.675. The molecule has 132 valence electrons. The van der Waals surface area contributed by atoms with Gasteiger partial charge in [-0.2, -0.15) is 0 Å². The Morgan fingerprint density at radius 3 is 3.00 bits per heavy atom. The van der Waals surface area contributed by atoms with E-state index in [9.17, 15) is 9.18 Å². The molecule has 0 bridgehead atoms. The molecule has 3 heterocycles. The van der Waals surface area contributed by atoms with Crippen molar-refractivity contribution in [1.29, 1.82) is 0 Å². The predicted octanol–water partition coefficient (Wildman–Crippen LogP) is 3.72. The first-order chi connectivity index (χ1) is 12.7. The molecule has 1 fully saturated rings. The van der Waals surface area contributed by atoms with Crippen molar-refractivity contribution in [3.05, 3.63) is 71.9 Å². The van der Waals surface area contributed by atoms with Crippen molar-refractivity contribution in [3.8, 4) is 11.3 Å². The van der Waals surface area contributed by atoms with Crippen LogP contribution in [0.2, 0.25) is 0 Å². The van der Waals surface area contributed by atoms with E-state index in [2.05, 4.69) is 10.1 Å². The first kappa shape index (κ1) is 16.4. The maximum atomic E-state index is 13.4. The van der Waals surface area contributed by atoms with Crippen molar-refractivity contribution in [2.75, 3.05) is 6.54 Å². The number of rotatable bonds is 4. The number of hydrogen-bond acceptors (Lipinski definition) is 4. The van der Waals surface area contributed by atoms with E-state index in [1.165, 1.54) is 12.1 Å². The van der Waals surface area contributed by atoms with E-state index >= 15 is 0 Å². The lowest BCUT2D eigenvalue weighted by molar-refractivity contribution is 0.0726. The Balaban J connectivity index is 1.51. The van der Waals surface area contributed by atoms with E-state index in [0.29, 0.717) is 18.7 Å². The second-order valence-corrected chi connectivity index (χ2v) is 6.45. The minimum atomic E-state index is -0.254. The fraction of sp³-hybridized carbons (Fsp3) is 0.250. The molecule has 0 radical (unpaired) electrons. The van der Waals surface area contributed by atoms with Crippen LogP contribution in [0, 0.1) is 5.82 Å². The molecule has 1 unspecified atom stereocenters. The normalized spacial score (nSPS) is 16.8. The van der Waals surface area contributed by atoms with Crippen LogP contribution in [0.15, 0.2) is 59.4 Å². The molecule has 4 rings (SSSR count). The van der Waals surface area contributed by atoms with Gasteiger partial charge in [0.05, 0.1) is 0 Å². The van der Waals surface area contributed by atoms with E-state index in [-0.39, 0.29) is 23.5 Å². The van der Waals surface area contributed by atoms with Gasteiger partial charge in [-0.3, -0.25) is 9.78 Å². The maximum absolute atomic E-state index is 13.4. The van der Waals surface area contributed by atoms with Gasteiger partial charge in [0.25, 0.3) is 5.91 Å². The molecule has 0 N–H and O–H groups in total. The van der Waals surface area contributed by atoms with Crippen LogP contribution in [0.1, 0.15) is 28.9 Å². The van der Waals surface area contributed by atoms with Crippen molar-refractivity contribution >= 4 is 5.91 Å². The number of nitrogens with zero attached hydrogens (tertiary/aromatic N) is 3. The molecule has 1 aliphatic rings. The van der Waals surface area contributed by atoms with Crippen molar-refractivity contribution < 1.29 is 13.7 Å². The molecular formula is C20H18FN3O2. The number of benzene rings is 1. The largest absolute Gasteiger partial charge is 0.355 e. The molecule has 1 aromatic carbocycles. The lowest BCUT2D eigenvalue weighted by Crippen LogP contribution is -2.37. The number of pyridine rings is 1. The zero-order valence-corrected chi connectivity index (χ0v) is 14.1. The minimum absolute atomic E-state index is 0.0443. The van der Waals surface area contributed by atoms with Gasteiger partial charge in [0.1, 0.15) is 5.82 Å². The minimum Gasteiger partial charge on any atom is -0.355 e. The summed E-state index contributed by atoms with van der Waals surface area (Å²) in [4.78, 5) is 18.7. The van der Waals surface area contributed by atoms with Crippen molar-refractivity contribution in [2.45, 2.75) is 25.3 Å². The fourth-order valence-corrected chi connectivity index (χ4v) is 3.42. The van der Waals surface area contributed by atoms with Gasteiger partial charge >= 0.3 is 0 Å². The topological polar surface area (TPSA) is 59.2 Å². The predicted molar refractivity (Wildman–Crippen MR) is 93.9 cm³/mol. The van der Waals surface area contributed by atoms with E-state index < -0.39 is 0 Å². The van der Waals surface area contributed by atoms with Gasteiger partial charge in [0.15, 0.2) is 11.5 Å². The first-order valence-corrected chi connectivity index (χ1v) is 8.63. The summed E-state index contributed by atoms with van der Waals surface area (Å²) in [5.74, 6) is 0.112. The molecule has 0 aliphatic carbocycles. The molecule has 1 aliphatic heterocycles. The highest BCUT2D eigenvalue weighted by Gasteiger charge is 2.31. The van der Waals surface area contributed by atoms with Crippen LogP contribution < -0.4 is 0 Å². The zero-order valence-electron chi connectivity index (χ0n) is 14.1. The molecule has 1 saturated heterocycles. The molecule has 6 heteroatoms. The van der Waals surface area contributed by atoms with Crippen molar-refractivity contribution in [3.63, 3.8) is 0 Å². The number of halogens is 1. The van der Waals surface area contributed by atoms with Gasteiger partial charge in [-0.15, -0.1) is 0 Å². The monoisotopic (exact) mass is 351 g/mol. The Labute approximate surface area is 150 Å². The number of likely N-dealkylation sites (tertiary alicyclic amines) is 1. The third-order valence-corrected chi connectivity index (χ3v) is 4.67. The average Bonchev–Trinajstić information content (AvgIpc) is 3.32. The molecule has 3 aromatic rings. The molecule has 26 heavy (non-hydrogen) atoms. The SMILES string of the molecule is O=C(c1cc(-c2cccnc2)on1)N1CCCC1Cc1cccc(F)c1. The molecule has 1 amide bonds. The van der Waals surface area contributed by atoms with Gasteiger partial charge in [0.2, 0.25) is 0 Å².